The van der Waals surface area contributed by atoms with Gasteiger partial charge in [-0.3, -0.25) is 0 Å². The van der Waals surface area contributed by atoms with Crippen molar-refractivity contribution in [2.45, 2.75) is 58.6 Å². The van der Waals surface area contributed by atoms with E-state index in [9.17, 15) is 9.18 Å². The Morgan fingerprint density at radius 3 is 2.76 bits per heavy atom. The van der Waals surface area contributed by atoms with E-state index in [0.717, 1.165) is 18.4 Å². The molecule has 4 heteroatoms. The van der Waals surface area contributed by atoms with Crippen molar-refractivity contribution in [2.75, 3.05) is 6.54 Å². The summed E-state index contributed by atoms with van der Waals surface area (Å²) in [5, 5.41) is 0. The summed E-state index contributed by atoms with van der Waals surface area (Å²) < 4.78 is 19.1. The second kappa shape index (κ2) is 6.04. The maximum Gasteiger partial charge on any atom is 0.410 e. The standard InChI is InChI=1S/C17H24FNO2/c1-12-7-8-13(11-15(12)18)10-14-6-5-9-19(14)16(20)21-17(2,3)4/h7-8,11,14H,5-6,9-10H2,1-4H3/t14-/m0/s1. The van der Waals surface area contributed by atoms with Gasteiger partial charge in [0.1, 0.15) is 11.4 Å². The number of hydrogen-bond donors (Lipinski definition) is 0. The van der Waals surface area contributed by atoms with Crippen molar-refractivity contribution < 1.29 is 13.9 Å². The van der Waals surface area contributed by atoms with Gasteiger partial charge in [-0.1, -0.05) is 12.1 Å². The summed E-state index contributed by atoms with van der Waals surface area (Å²) in [6.45, 7) is 8.07. The first-order valence-electron chi connectivity index (χ1n) is 7.51. The van der Waals surface area contributed by atoms with Crippen molar-refractivity contribution in [3.8, 4) is 0 Å². The average molecular weight is 293 g/mol. The predicted octanol–water partition coefficient (Wildman–Crippen LogP) is 4.08. The Hall–Kier alpha value is -1.58. The molecular formula is C17H24FNO2. The van der Waals surface area contributed by atoms with Crippen LogP contribution in [-0.2, 0) is 11.2 Å². The monoisotopic (exact) mass is 293 g/mol. The molecule has 1 aromatic carbocycles. The first-order valence-corrected chi connectivity index (χ1v) is 7.51. The van der Waals surface area contributed by atoms with Crippen LogP contribution in [0.15, 0.2) is 18.2 Å². The molecule has 1 amide bonds. The fourth-order valence-corrected chi connectivity index (χ4v) is 2.64. The molecule has 116 valence electrons. The van der Waals surface area contributed by atoms with Gasteiger partial charge in [0.25, 0.3) is 0 Å². The minimum atomic E-state index is -0.486. The number of hydrogen-bond acceptors (Lipinski definition) is 2. The van der Waals surface area contributed by atoms with E-state index in [0.29, 0.717) is 18.5 Å². The Morgan fingerprint density at radius 1 is 1.43 bits per heavy atom. The Labute approximate surface area is 126 Å². The largest absolute Gasteiger partial charge is 0.444 e. The number of amides is 1. The molecule has 1 aliphatic rings. The maximum absolute atomic E-state index is 13.6. The van der Waals surface area contributed by atoms with E-state index >= 15 is 0 Å². The first-order chi connectivity index (χ1) is 9.76. The van der Waals surface area contributed by atoms with Crippen LogP contribution < -0.4 is 0 Å². The van der Waals surface area contributed by atoms with Gasteiger partial charge in [0.05, 0.1) is 0 Å². The van der Waals surface area contributed by atoms with Crippen molar-refractivity contribution in [1.29, 1.82) is 0 Å². The molecule has 3 nitrogen and oxygen atoms in total. The van der Waals surface area contributed by atoms with Crippen molar-refractivity contribution in [1.82, 2.24) is 4.90 Å². The number of ether oxygens (including phenoxy) is 1. The number of benzene rings is 1. The summed E-state index contributed by atoms with van der Waals surface area (Å²) in [6.07, 6.45) is 2.32. The lowest BCUT2D eigenvalue weighted by atomic mass is 10.0. The van der Waals surface area contributed by atoms with E-state index in [-0.39, 0.29) is 18.0 Å². The minimum Gasteiger partial charge on any atom is -0.444 e. The van der Waals surface area contributed by atoms with Gasteiger partial charge in [0.2, 0.25) is 0 Å². The van der Waals surface area contributed by atoms with Crippen molar-refractivity contribution in [3.05, 3.63) is 35.1 Å². The molecule has 0 saturated carbocycles. The lowest BCUT2D eigenvalue weighted by Gasteiger charge is -2.28. The molecule has 0 radical (unpaired) electrons. The van der Waals surface area contributed by atoms with E-state index < -0.39 is 5.60 Å². The zero-order chi connectivity index (χ0) is 15.6. The summed E-state index contributed by atoms with van der Waals surface area (Å²) in [5.41, 5.74) is 1.09. The highest BCUT2D eigenvalue weighted by Crippen LogP contribution is 2.24. The van der Waals surface area contributed by atoms with E-state index in [4.69, 9.17) is 4.74 Å². The van der Waals surface area contributed by atoms with Gasteiger partial charge >= 0.3 is 6.09 Å². The Kier molecular flexibility index (Phi) is 4.55. The maximum atomic E-state index is 13.6. The van der Waals surface area contributed by atoms with Gasteiger partial charge in [-0.15, -0.1) is 0 Å². The Morgan fingerprint density at radius 2 is 2.14 bits per heavy atom. The third-order valence-corrected chi connectivity index (χ3v) is 3.71. The topological polar surface area (TPSA) is 29.5 Å². The third kappa shape index (κ3) is 4.19. The lowest BCUT2D eigenvalue weighted by molar-refractivity contribution is 0.0227. The van der Waals surface area contributed by atoms with Crippen LogP contribution in [0.1, 0.15) is 44.7 Å². The van der Waals surface area contributed by atoms with Crippen LogP contribution >= 0.6 is 0 Å². The summed E-state index contributed by atoms with van der Waals surface area (Å²) >= 11 is 0. The molecule has 0 N–H and O–H groups in total. The molecule has 0 aliphatic carbocycles. The molecule has 0 unspecified atom stereocenters. The molecular weight excluding hydrogens is 269 g/mol. The van der Waals surface area contributed by atoms with Crippen molar-refractivity contribution in [3.63, 3.8) is 0 Å². The molecule has 1 heterocycles. The highest BCUT2D eigenvalue weighted by Gasteiger charge is 2.32. The summed E-state index contributed by atoms with van der Waals surface area (Å²) in [6, 6.07) is 5.39. The van der Waals surface area contributed by atoms with Crippen LogP contribution in [0.5, 0.6) is 0 Å². The zero-order valence-corrected chi connectivity index (χ0v) is 13.3. The fraction of sp³-hybridized carbons (Fsp3) is 0.588. The molecule has 1 aliphatic heterocycles. The minimum absolute atomic E-state index is 0.0990. The smallest absolute Gasteiger partial charge is 0.410 e. The summed E-state index contributed by atoms with van der Waals surface area (Å²) in [4.78, 5) is 14.0. The number of carbonyl (C=O) groups is 1. The summed E-state index contributed by atoms with van der Waals surface area (Å²) in [5.74, 6) is -0.186. The molecule has 0 aromatic heterocycles. The first kappa shape index (κ1) is 15.8. The third-order valence-electron chi connectivity index (χ3n) is 3.71. The lowest BCUT2D eigenvalue weighted by Crippen LogP contribution is -2.40. The van der Waals surface area contributed by atoms with Crippen LogP contribution in [0.2, 0.25) is 0 Å². The predicted molar refractivity (Wildman–Crippen MR) is 80.8 cm³/mol. The number of aryl methyl sites for hydroxylation is 1. The Balaban J connectivity index is 2.05. The van der Waals surface area contributed by atoms with E-state index in [1.54, 1.807) is 24.0 Å². The van der Waals surface area contributed by atoms with Gasteiger partial charge in [0, 0.05) is 12.6 Å². The van der Waals surface area contributed by atoms with Gasteiger partial charge in [-0.25, -0.2) is 9.18 Å². The van der Waals surface area contributed by atoms with E-state index in [1.165, 1.54) is 0 Å². The molecule has 1 fully saturated rings. The van der Waals surface area contributed by atoms with Gasteiger partial charge in [-0.05, 0) is 64.2 Å². The zero-order valence-electron chi connectivity index (χ0n) is 13.3. The normalized spacial score (nSPS) is 18.9. The number of likely N-dealkylation sites (tertiary alicyclic amines) is 1. The number of carbonyl (C=O) groups excluding carboxylic acids is 1. The van der Waals surface area contributed by atoms with E-state index in [2.05, 4.69) is 0 Å². The number of nitrogens with zero attached hydrogens (tertiary/aromatic N) is 1. The number of halogens is 1. The number of rotatable bonds is 2. The fourth-order valence-electron chi connectivity index (χ4n) is 2.64. The summed E-state index contributed by atoms with van der Waals surface area (Å²) in [7, 11) is 0. The van der Waals surface area contributed by atoms with Crippen molar-refractivity contribution >= 4 is 6.09 Å². The second-order valence-electron chi connectivity index (χ2n) is 6.76. The molecule has 1 atom stereocenters. The highest BCUT2D eigenvalue weighted by atomic mass is 19.1. The van der Waals surface area contributed by atoms with Crippen LogP contribution in [0.4, 0.5) is 9.18 Å². The van der Waals surface area contributed by atoms with Crippen LogP contribution in [0, 0.1) is 12.7 Å². The van der Waals surface area contributed by atoms with Crippen LogP contribution in [0.3, 0.4) is 0 Å². The van der Waals surface area contributed by atoms with Gasteiger partial charge < -0.3 is 9.64 Å². The molecule has 1 saturated heterocycles. The van der Waals surface area contributed by atoms with Crippen LogP contribution in [0.25, 0.3) is 0 Å². The van der Waals surface area contributed by atoms with Gasteiger partial charge in [-0.2, -0.15) is 0 Å². The molecule has 21 heavy (non-hydrogen) atoms. The molecule has 1 aromatic rings. The average Bonchev–Trinajstić information content (AvgIpc) is 2.80. The Bertz CT molecular complexity index is 522. The molecule has 2 rings (SSSR count). The molecule has 0 bridgehead atoms. The van der Waals surface area contributed by atoms with E-state index in [1.807, 2.05) is 26.8 Å². The molecule has 0 spiro atoms. The highest BCUT2D eigenvalue weighted by molar-refractivity contribution is 5.69. The van der Waals surface area contributed by atoms with Crippen molar-refractivity contribution in [2.24, 2.45) is 0 Å². The quantitative estimate of drug-likeness (QED) is 0.822. The van der Waals surface area contributed by atoms with Gasteiger partial charge in [0.15, 0.2) is 0 Å². The van der Waals surface area contributed by atoms with Crippen LogP contribution in [-0.4, -0.2) is 29.2 Å². The SMILES string of the molecule is Cc1ccc(C[C@@H]2CCCN2C(=O)OC(C)(C)C)cc1F. The second-order valence-corrected chi connectivity index (χ2v) is 6.76.